The second kappa shape index (κ2) is 8.57. The fraction of sp³-hybridized carbons (Fsp3) is 0.400. The van der Waals surface area contributed by atoms with Crippen LogP contribution in [0.3, 0.4) is 0 Å². The van der Waals surface area contributed by atoms with Gasteiger partial charge in [-0.1, -0.05) is 0 Å². The number of hydrogen-bond acceptors (Lipinski definition) is 2. The molecule has 2 rings (SSSR count). The summed E-state index contributed by atoms with van der Waals surface area (Å²) in [6.45, 7) is 4.79. The van der Waals surface area contributed by atoms with E-state index in [9.17, 15) is 0 Å². The van der Waals surface area contributed by atoms with Crippen LogP contribution in [0, 0.1) is 0 Å². The van der Waals surface area contributed by atoms with Gasteiger partial charge in [-0.05, 0) is 0 Å². The van der Waals surface area contributed by atoms with E-state index in [2.05, 4.69) is 39.0 Å². The molecule has 0 amide bonds. The molecule has 1 aromatic rings. The maximum absolute atomic E-state index is 3.38. The third-order valence-corrected chi connectivity index (χ3v) is 4.29. The predicted molar refractivity (Wildman–Crippen MR) is 65.0 cm³/mol. The third kappa shape index (κ3) is 5.34. The Morgan fingerprint density at radius 3 is 2.20 bits per heavy atom. The van der Waals surface area contributed by atoms with Gasteiger partial charge in [0.1, 0.15) is 0 Å². The Balaban J connectivity index is 0.000000980. The molecule has 1 aromatic carbocycles. The summed E-state index contributed by atoms with van der Waals surface area (Å²) in [7, 11) is 0. The molecule has 0 spiro atoms. The minimum absolute atomic E-state index is 0. The zero-order chi connectivity index (χ0) is 8.93. The molecular formula is C10H16Cl2N2Ti. The number of halogens is 2. The molecule has 15 heavy (non-hydrogen) atoms. The van der Waals surface area contributed by atoms with Gasteiger partial charge in [-0.3, -0.25) is 0 Å². The third-order valence-electron chi connectivity index (χ3n) is 2.18. The summed E-state index contributed by atoms with van der Waals surface area (Å²) >= 11 is -0.0375. The average Bonchev–Trinajstić information content (AvgIpc) is 2.21. The Bertz CT molecular complexity index is 253. The van der Waals surface area contributed by atoms with Gasteiger partial charge in [0.2, 0.25) is 0 Å². The van der Waals surface area contributed by atoms with Gasteiger partial charge < -0.3 is 0 Å². The van der Waals surface area contributed by atoms with E-state index < -0.39 is 0 Å². The molecule has 0 bridgehead atoms. The van der Waals surface area contributed by atoms with Crippen molar-refractivity contribution in [3.63, 3.8) is 0 Å². The van der Waals surface area contributed by atoms with Crippen LogP contribution in [0.25, 0.3) is 0 Å². The zero-order valence-corrected chi connectivity index (χ0v) is 11.7. The summed E-state index contributed by atoms with van der Waals surface area (Å²) in [4.78, 5) is 0. The van der Waals surface area contributed by atoms with Crippen LogP contribution >= 0.6 is 24.8 Å². The normalized spacial score (nSPS) is 16.0. The van der Waals surface area contributed by atoms with Crippen molar-refractivity contribution in [3.8, 4) is 0 Å². The molecular weight excluding hydrogens is 267 g/mol. The van der Waals surface area contributed by atoms with Gasteiger partial charge >= 0.3 is 88.5 Å². The molecule has 0 unspecified atom stereocenters. The van der Waals surface area contributed by atoms with Crippen LogP contribution in [-0.4, -0.2) is 29.6 Å². The van der Waals surface area contributed by atoms with Gasteiger partial charge in [0, 0.05) is 0 Å². The van der Waals surface area contributed by atoms with Gasteiger partial charge in [0.25, 0.3) is 0 Å². The summed E-state index contributed by atoms with van der Waals surface area (Å²) in [5.74, 6) is 0. The summed E-state index contributed by atoms with van der Waals surface area (Å²) in [5.41, 5.74) is 0. The fourth-order valence-corrected chi connectivity index (χ4v) is 3.27. The van der Waals surface area contributed by atoms with Crippen LogP contribution in [0.4, 0.5) is 0 Å². The van der Waals surface area contributed by atoms with Crippen molar-refractivity contribution < 1.29 is 19.4 Å². The van der Waals surface area contributed by atoms with Crippen LogP contribution in [0.2, 0.25) is 0 Å². The number of hydrogen-bond donors (Lipinski definition) is 1. The van der Waals surface area contributed by atoms with Gasteiger partial charge in [0.15, 0.2) is 0 Å². The standard InChI is InChI=1S/C6H5.C4H9N2.2ClH.Ti/c1-2-4-6-5-3-1;1-2-6-4-3-5-1;;;/h1-5H;5H,1-4H2;2*1H;/q;-1;;;+1. The molecule has 1 saturated heterocycles. The first kappa shape index (κ1) is 15.4. The fourth-order valence-electron chi connectivity index (χ4n) is 1.47. The predicted octanol–water partition coefficient (Wildman–Crippen LogP) is 1.06. The first-order valence-corrected chi connectivity index (χ1v) is 6.20. The van der Waals surface area contributed by atoms with Gasteiger partial charge in [-0.2, -0.15) is 0 Å². The van der Waals surface area contributed by atoms with E-state index in [-0.39, 0.29) is 44.2 Å². The summed E-state index contributed by atoms with van der Waals surface area (Å²) in [5, 5.41) is 3.38. The van der Waals surface area contributed by atoms with Crippen molar-refractivity contribution in [2.75, 3.05) is 26.2 Å². The van der Waals surface area contributed by atoms with Crippen LogP contribution < -0.4 is 9.18 Å². The Morgan fingerprint density at radius 2 is 1.60 bits per heavy atom. The van der Waals surface area contributed by atoms with E-state index in [1.807, 2.05) is 0 Å². The molecule has 1 aliphatic rings. The van der Waals surface area contributed by atoms with Crippen molar-refractivity contribution in [2.45, 2.75) is 0 Å². The second-order valence-corrected chi connectivity index (χ2v) is 5.45. The number of piperazine rings is 1. The monoisotopic (exact) mass is 282 g/mol. The molecule has 1 heterocycles. The van der Waals surface area contributed by atoms with E-state index in [4.69, 9.17) is 0 Å². The van der Waals surface area contributed by atoms with Gasteiger partial charge in [-0.25, -0.2) is 0 Å². The average molecular weight is 283 g/mol. The Hall–Kier alpha value is 0.434. The first-order chi connectivity index (χ1) is 6.45. The molecule has 0 radical (unpaired) electrons. The quantitative estimate of drug-likeness (QED) is 0.816. The molecule has 0 aromatic heterocycles. The van der Waals surface area contributed by atoms with Crippen molar-refractivity contribution >= 4 is 28.7 Å². The van der Waals surface area contributed by atoms with E-state index in [1.54, 1.807) is 3.87 Å². The van der Waals surface area contributed by atoms with Crippen molar-refractivity contribution in [2.24, 2.45) is 0 Å². The maximum atomic E-state index is 3.38. The molecule has 84 valence electrons. The molecule has 0 saturated carbocycles. The summed E-state index contributed by atoms with van der Waals surface area (Å²) < 4.78 is 4.16. The molecule has 1 aliphatic heterocycles. The zero-order valence-electron chi connectivity index (χ0n) is 8.48. The minimum atomic E-state index is -0.0375. The van der Waals surface area contributed by atoms with Crippen molar-refractivity contribution in [1.29, 1.82) is 0 Å². The van der Waals surface area contributed by atoms with Crippen LogP contribution in [0.1, 0.15) is 0 Å². The van der Waals surface area contributed by atoms with E-state index in [1.165, 1.54) is 13.1 Å². The Kier molecular flexibility index (Phi) is 8.82. The number of nitrogens with one attached hydrogen (secondary N) is 1. The SMILES string of the molecule is Cl.Cl.c1cc[c]([Ti][N]2CCNCC2)cc1. The molecule has 0 aliphatic carbocycles. The summed E-state index contributed by atoms with van der Waals surface area (Å²) in [6, 6.07) is 10.9. The van der Waals surface area contributed by atoms with Crippen molar-refractivity contribution in [1.82, 2.24) is 8.70 Å². The van der Waals surface area contributed by atoms with Crippen LogP contribution in [0.5, 0.6) is 0 Å². The van der Waals surface area contributed by atoms with E-state index in [0.717, 1.165) is 13.1 Å². The first-order valence-electron chi connectivity index (χ1n) is 4.72. The molecule has 5 heteroatoms. The Morgan fingerprint density at radius 1 is 1.00 bits per heavy atom. The number of nitrogens with zero attached hydrogens (tertiary/aromatic N) is 1. The van der Waals surface area contributed by atoms with E-state index >= 15 is 0 Å². The molecule has 1 fully saturated rings. The molecule has 0 atom stereocenters. The van der Waals surface area contributed by atoms with Crippen LogP contribution in [0.15, 0.2) is 30.3 Å². The number of rotatable bonds is 2. The van der Waals surface area contributed by atoms with Gasteiger partial charge in [0.05, 0.1) is 0 Å². The molecule has 1 N–H and O–H groups in total. The van der Waals surface area contributed by atoms with Crippen molar-refractivity contribution in [3.05, 3.63) is 30.3 Å². The second-order valence-electron chi connectivity index (χ2n) is 3.21. The van der Waals surface area contributed by atoms with E-state index in [0.29, 0.717) is 0 Å². The summed E-state index contributed by atoms with van der Waals surface area (Å²) in [6.07, 6.45) is 0. The van der Waals surface area contributed by atoms with Crippen LogP contribution in [-0.2, 0) is 19.4 Å². The van der Waals surface area contributed by atoms with Gasteiger partial charge in [-0.15, -0.1) is 24.8 Å². The molecule has 2 nitrogen and oxygen atoms in total. The Labute approximate surface area is 113 Å². The number of benzene rings is 1. The topological polar surface area (TPSA) is 15.3 Å².